The molecular weight excluding hydrogens is 234 g/mol. The van der Waals surface area contributed by atoms with Crippen molar-refractivity contribution in [2.75, 3.05) is 6.54 Å². The van der Waals surface area contributed by atoms with Crippen molar-refractivity contribution in [3.8, 4) is 11.5 Å². The van der Waals surface area contributed by atoms with Gasteiger partial charge in [-0.3, -0.25) is 0 Å². The summed E-state index contributed by atoms with van der Waals surface area (Å²) >= 11 is 1.70. The Balaban J connectivity index is 2.10. The number of rotatable bonds is 1. The quantitative estimate of drug-likeness (QED) is 0.678. The first-order valence-corrected chi connectivity index (χ1v) is 6.45. The third-order valence-corrected chi connectivity index (χ3v) is 4.06. The third kappa shape index (κ3) is 1.79. The minimum atomic E-state index is -0.0472. The molecule has 0 fully saturated rings. The molecule has 1 aliphatic rings. The molecule has 0 aliphatic carbocycles. The van der Waals surface area contributed by atoms with E-state index >= 15 is 0 Å². The molecule has 1 atom stereocenters. The van der Waals surface area contributed by atoms with E-state index in [0.717, 1.165) is 24.1 Å². The molecule has 0 amide bonds. The number of phenolic OH excluding ortho intramolecular Hbond substituents is 2. The predicted molar refractivity (Wildman–Crippen MR) is 67.6 cm³/mol. The molecule has 0 saturated carbocycles. The lowest BCUT2D eigenvalue weighted by Crippen LogP contribution is -2.29. The topological polar surface area (TPSA) is 52.5 Å². The van der Waals surface area contributed by atoms with Crippen LogP contribution in [0.15, 0.2) is 29.6 Å². The van der Waals surface area contributed by atoms with Gasteiger partial charge in [-0.05, 0) is 41.1 Å². The lowest BCUT2D eigenvalue weighted by atomic mass is 9.93. The molecule has 0 unspecified atom stereocenters. The first-order chi connectivity index (χ1) is 8.25. The Bertz CT molecular complexity index is 537. The monoisotopic (exact) mass is 247 g/mol. The summed E-state index contributed by atoms with van der Waals surface area (Å²) in [6.45, 7) is 0.889. The van der Waals surface area contributed by atoms with E-state index in [-0.39, 0.29) is 17.5 Å². The second-order valence-electron chi connectivity index (χ2n) is 4.19. The molecule has 2 aromatic rings. The number of hydrogen-bond acceptors (Lipinski definition) is 4. The summed E-state index contributed by atoms with van der Waals surface area (Å²) in [5.41, 5.74) is 2.17. The SMILES string of the molecule is Oc1cc2c(cc1O)[C@@H](c1cccs1)NCC2. The van der Waals surface area contributed by atoms with E-state index in [1.165, 1.54) is 4.88 Å². The molecule has 2 heterocycles. The summed E-state index contributed by atoms with van der Waals surface area (Å²) in [6.07, 6.45) is 0.880. The largest absolute Gasteiger partial charge is 0.504 e. The van der Waals surface area contributed by atoms with Crippen LogP contribution in [0.25, 0.3) is 0 Å². The molecule has 0 radical (unpaired) electrons. The number of aromatic hydroxyl groups is 2. The number of hydrogen-bond donors (Lipinski definition) is 3. The van der Waals surface area contributed by atoms with Gasteiger partial charge in [0.15, 0.2) is 11.5 Å². The second-order valence-corrected chi connectivity index (χ2v) is 5.17. The van der Waals surface area contributed by atoms with Gasteiger partial charge in [0.2, 0.25) is 0 Å². The highest BCUT2D eigenvalue weighted by Gasteiger charge is 2.23. The summed E-state index contributed by atoms with van der Waals surface area (Å²) < 4.78 is 0. The Kier molecular flexibility index (Phi) is 2.53. The van der Waals surface area contributed by atoms with Crippen molar-refractivity contribution < 1.29 is 10.2 Å². The molecule has 1 aromatic carbocycles. The first-order valence-electron chi connectivity index (χ1n) is 5.57. The van der Waals surface area contributed by atoms with Gasteiger partial charge >= 0.3 is 0 Å². The fourth-order valence-corrected chi connectivity index (χ4v) is 3.11. The van der Waals surface area contributed by atoms with Gasteiger partial charge in [0.05, 0.1) is 6.04 Å². The summed E-state index contributed by atoms with van der Waals surface area (Å²) in [5, 5.41) is 24.6. The third-order valence-electron chi connectivity index (χ3n) is 3.12. The molecule has 1 aromatic heterocycles. The minimum absolute atomic E-state index is 0.0319. The lowest BCUT2D eigenvalue weighted by molar-refractivity contribution is 0.400. The molecule has 0 bridgehead atoms. The van der Waals surface area contributed by atoms with Crippen LogP contribution in [-0.4, -0.2) is 16.8 Å². The Morgan fingerprint density at radius 1 is 1.24 bits per heavy atom. The van der Waals surface area contributed by atoms with Crippen LogP contribution in [0.2, 0.25) is 0 Å². The van der Waals surface area contributed by atoms with E-state index in [2.05, 4.69) is 11.4 Å². The van der Waals surface area contributed by atoms with Gasteiger partial charge in [0, 0.05) is 11.4 Å². The van der Waals surface area contributed by atoms with Crippen molar-refractivity contribution in [3.63, 3.8) is 0 Å². The van der Waals surface area contributed by atoms with E-state index in [1.54, 1.807) is 23.5 Å². The van der Waals surface area contributed by atoms with Gasteiger partial charge in [-0.2, -0.15) is 0 Å². The second kappa shape index (κ2) is 4.05. The predicted octanol–water partition coefficient (Wildman–Crippen LogP) is 2.39. The normalized spacial score (nSPS) is 18.9. The van der Waals surface area contributed by atoms with Crippen LogP contribution >= 0.6 is 11.3 Å². The molecule has 88 valence electrons. The Hall–Kier alpha value is -1.52. The van der Waals surface area contributed by atoms with Crippen molar-refractivity contribution in [1.29, 1.82) is 0 Å². The zero-order valence-electron chi connectivity index (χ0n) is 9.18. The molecule has 1 aliphatic heterocycles. The van der Waals surface area contributed by atoms with Crippen molar-refractivity contribution in [2.45, 2.75) is 12.5 Å². The van der Waals surface area contributed by atoms with Crippen molar-refractivity contribution in [1.82, 2.24) is 5.32 Å². The Labute approximate surface area is 103 Å². The van der Waals surface area contributed by atoms with E-state index < -0.39 is 0 Å². The summed E-state index contributed by atoms with van der Waals surface area (Å²) in [5.74, 6) is -0.0791. The van der Waals surface area contributed by atoms with Crippen LogP contribution in [0.3, 0.4) is 0 Å². The number of phenols is 2. The average Bonchev–Trinajstić information content (AvgIpc) is 2.83. The minimum Gasteiger partial charge on any atom is -0.504 e. The highest BCUT2D eigenvalue weighted by Crippen LogP contribution is 2.37. The maximum atomic E-state index is 9.62. The van der Waals surface area contributed by atoms with E-state index in [1.807, 2.05) is 11.4 Å². The lowest BCUT2D eigenvalue weighted by Gasteiger charge is -2.26. The molecule has 3 rings (SSSR count). The molecule has 17 heavy (non-hydrogen) atoms. The van der Waals surface area contributed by atoms with Crippen LogP contribution in [0.5, 0.6) is 11.5 Å². The molecule has 4 heteroatoms. The maximum Gasteiger partial charge on any atom is 0.157 e. The maximum absolute atomic E-state index is 9.62. The number of thiophene rings is 1. The smallest absolute Gasteiger partial charge is 0.157 e. The van der Waals surface area contributed by atoms with Gasteiger partial charge in [-0.1, -0.05) is 6.07 Å². The average molecular weight is 247 g/mol. The van der Waals surface area contributed by atoms with Gasteiger partial charge in [-0.15, -0.1) is 11.3 Å². The first kappa shape index (κ1) is 10.6. The zero-order valence-corrected chi connectivity index (χ0v) is 10.00. The molecule has 3 N–H and O–H groups in total. The fraction of sp³-hybridized carbons (Fsp3) is 0.231. The van der Waals surface area contributed by atoms with Gasteiger partial charge < -0.3 is 15.5 Å². The van der Waals surface area contributed by atoms with E-state index in [9.17, 15) is 10.2 Å². The highest BCUT2D eigenvalue weighted by molar-refractivity contribution is 7.10. The Morgan fingerprint density at radius 2 is 2.06 bits per heavy atom. The van der Waals surface area contributed by atoms with Crippen LogP contribution in [-0.2, 0) is 6.42 Å². The molecular formula is C13H13NO2S. The van der Waals surface area contributed by atoms with Crippen LogP contribution < -0.4 is 5.32 Å². The zero-order chi connectivity index (χ0) is 11.8. The highest BCUT2D eigenvalue weighted by atomic mass is 32.1. The van der Waals surface area contributed by atoms with Crippen molar-refractivity contribution in [3.05, 3.63) is 45.6 Å². The van der Waals surface area contributed by atoms with Crippen molar-refractivity contribution in [2.24, 2.45) is 0 Å². The van der Waals surface area contributed by atoms with Gasteiger partial charge in [-0.25, -0.2) is 0 Å². The van der Waals surface area contributed by atoms with E-state index in [4.69, 9.17) is 0 Å². The summed E-state index contributed by atoms with van der Waals surface area (Å²) in [4.78, 5) is 1.23. The standard InChI is InChI=1S/C13H13NO2S/c15-10-6-8-3-4-14-13(9(8)7-11(10)16)12-2-1-5-17-12/h1-2,5-7,13-16H,3-4H2/t13-/m0/s1. The van der Waals surface area contributed by atoms with Crippen LogP contribution in [0.1, 0.15) is 22.0 Å². The fourth-order valence-electron chi connectivity index (χ4n) is 2.29. The van der Waals surface area contributed by atoms with Crippen LogP contribution in [0, 0.1) is 0 Å². The van der Waals surface area contributed by atoms with Crippen LogP contribution in [0.4, 0.5) is 0 Å². The number of benzene rings is 1. The van der Waals surface area contributed by atoms with Gasteiger partial charge in [0.1, 0.15) is 0 Å². The summed E-state index contributed by atoms with van der Waals surface area (Å²) in [7, 11) is 0. The van der Waals surface area contributed by atoms with Gasteiger partial charge in [0.25, 0.3) is 0 Å². The van der Waals surface area contributed by atoms with Crippen molar-refractivity contribution >= 4 is 11.3 Å². The Morgan fingerprint density at radius 3 is 2.82 bits per heavy atom. The number of nitrogens with one attached hydrogen (secondary N) is 1. The summed E-state index contributed by atoms with van der Waals surface area (Å²) in [6, 6.07) is 7.58. The molecule has 3 nitrogen and oxygen atoms in total. The molecule has 0 saturated heterocycles. The van der Waals surface area contributed by atoms with E-state index in [0.29, 0.717) is 0 Å². The number of fused-ring (bicyclic) bond motifs is 1. The molecule has 0 spiro atoms.